The number of aliphatic hydroxyl groups excluding tert-OH is 1. The highest BCUT2D eigenvalue weighted by Crippen LogP contribution is 2.17. The largest absolute Gasteiger partial charge is 0.394 e. The maximum atomic E-state index is 9.20. The molecular weight excluding hydrogens is 200 g/mol. The Balaban J connectivity index is 2.41. The summed E-state index contributed by atoms with van der Waals surface area (Å²) in [4.78, 5) is 2.54. The number of hydrogen-bond acceptors (Lipinski definition) is 3. The molecule has 1 rings (SSSR count). The van der Waals surface area contributed by atoms with Gasteiger partial charge in [0.2, 0.25) is 0 Å². The van der Waals surface area contributed by atoms with Crippen LogP contribution in [0.1, 0.15) is 52.4 Å². The second kappa shape index (κ2) is 6.58. The zero-order chi connectivity index (χ0) is 12.0. The number of nitrogens with two attached hydrogens (primary N) is 1. The summed E-state index contributed by atoms with van der Waals surface area (Å²) >= 11 is 0. The molecule has 1 aliphatic heterocycles. The van der Waals surface area contributed by atoms with Gasteiger partial charge in [0.25, 0.3) is 0 Å². The van der Waals surface area contributed by atoms with Crippen LogP contribution in [0.4, 0.5) is 0 Å². The molecule has 0 bridgehead atoms. The molecule has 3 heteroatoms. The molecule has 0 aliphatic carbocycles. The second-order valence-corrected chi connectivity index (χ2v) is 5.67. The van der Waals surface area contributed by atoms with E-state index in [9.17, 15) is 5.11 Å². The van der Waals surface area contributed by atoms with E-state index >= 15 is 0 Å². The van der Waals surface area contributed by atoms with E-state index < -0.39 is 5.54 Å². The van der Waals surface area contributed by atoms with Gasteiger partial charge in [-0.3, -0.25) is 0 Å². The van der Waals surface area contributed by atoms with E-state index in [0.717, 1.165) is 6.42 Å². The van der Waals surface area contributed by atoms with E-state index in [1.54, 1.807) is 0 Å². The van der Waals surface area contributed by atoms with Crippen LogP contribution < -0.4 is 5.73 Å². The summed E-state index contributed by atoms with van der Waals surface area (Å²) in [7, 11) is 0. The number of hydrogen-bond donors (Lipinski definition) is 2. The van der Waals surface area contributed by atoms with E-state index in [4.69, 9.17) is 5.73 Å². The minimum Gasteiger partial charge on any atom is -0.394 e. The van der Waals surface area contributed by atoms with Crippen molar-refractivity contribution in [3.05, 3.63) is 0 Å². The fourth-order valence-electron chi connectivity index (χ4n) is 2.58. The number of aliphatic hydroxyl groups is 1. The Morgan fingerprint density at radius 3 is 2.19 bits per heavy atom. The molecule has 1 fully saturated rings. The van der Waals surface area contributed by atoms with Crippen molar-refractivity contribution in [3.8, 4) is 0 Å². The molecule has 16 heavy (non-hydrogen) atoms. The molecule has 96 valence electrons. The third kappa shape index (κ3) is 4.81. The van der Waals surface area contributed by atoms with E-state index in [0.29, 0.717) is 6.04 Å². The number of rotatable bonds is 4. The molecule has 1 heterocycles. The van der Waals surface area contributed by atoms with Crippen LogP contribution in [-0.2, 0) is 0 Å². The molecule has 0 amide bonds. The van der Waals surface area contributed by atoms with Crippen molar-refractivity contribution in [2.24, 2.45) is 5.73 Å². The van der Waals surface area contributed by atoms with Crippen LogP contribution >= 0.6 is 0 Å². The maximum absolute atomic E-state index is 9.20. The van der Waals surface area contributed by atoms with Crippen molar-refractivity contribution in [1.29, 1.82) is 0 Å². The van der Waals surface area contributed by atoms with Crippen molar-refractivity contribution in [3.63, 3.8) is 0 Å². The van der Waals surface area contributed by atoms with Crippen LogP contribution in [0.3, 0.4) is 0 Å². The van der Waals surface area contributed by atoms with Gasteiger partial charge in [-0.2, -0.15) is 0 Å². The third-order valence-electron chi connectivity index (χ3n) is 3.64. The summed E-state index contributed by atoms with van der Waals surface area (Å²) in [5, 5.41) is 9.20. The standard InChI is InChI=1S/C13H28N2O/c1-12(10-13(2,14)11-16)15-8-6-4-3-5-7-9-15/h12,16H,3-11,14H2,1-2H3. The number of nitrogens with zero attached hydrogens (tertiary/aromatic N) is 1. The van der Waals surface area contributed by atoms with Gasteiger partial charge in [0, 0.05) is 11.6 Å². The number of likely N-dealkylation sites (tertiary alicyclic amines) is 1. The lowest BCUT2D eigenvalue weighted by Crippen LogP contribution is -2.47. The summed E-state index contributed by atoms with van der Waals surface area (Å²) in [5.41, 5.74) is 5.59. The SMILES string of the molecule is CC(CC(C)(N)CO)N1CCCCCCC1. The minimum atomic E-state index is -0.429. The summed E-state index contributed by atoms with van der Waals surface area (Å²) in [6.07, 6.45) is 7.62. The normalized spacial score (nSPS) is 25.5. The molecule has 3 N–H and O–H groups in total. The molecule has 0 radical (unpaired) electrons. The Bertz CT molecular complexity index is 186. The van der Waals surface area contributed by atoms with Gasteiger partial charge in [-0.05, 0) is 46.2 Å². The van der Waals surface area contributed by atoms with Crippen LogP contribution in [0.2, 0.25) is 0 Å². The van der Waals surface area contributed by atoms with Crippen LogP contribution in [0.5, 0.6) is 0 Å². The van der Waals surface area contributed by atoms with Crippen LogP contribution in [-0.4, -0.2) is 41.3 Å². The first-order valence-electron chi connectivity index (χ1n) is 6.69. The fourth-order valence-corrected chi connectivity index (χ4v) is 2.58. The smallest absolute Gasteiger partial charge is 0.0609 e. The zero-order valence-corrected chi connectivity index (χ0v) is 10.9. The first-order chi connectivity index (χ1) is 7.55. The van der Waals surface area contributed by atoms with Crippen molar-refractivity contribution in [1.82, 2.24) is 4.90 Å². The molecule has 0 aromatic rings. The van der Waals surface area contributed by atoms with Crippen LogP contribution in [0.15, 0.2) is 0 Å². The molecule has 0 saturated carbocycles. The molecule has 0 aromatic heterocycles. The molecule has 1 saturated heterocycles. The predicted molar refractivity (Wildman–Crippen MR) is 68.4 cm³/mol. The highest BCUT2D eigenvalue weighted by molar-refractivity contribution is 4.84. The van der Waals surface area contributed by atoms with E-state index in [1.165, 1.54) is 45.2 Å². The maximum Gasteiger partial charge on any atom is 0.0609 e. The lowest BCUT2D eigenvalue weighted by atomic mass is 9.94. The van der Waals surface area contributed by atoms with Crippen molar-refractivity contribution >= 4 is 0 Å². The van der Waals surface area contributed by atoms with Crippen molar-refractivity contribution in [2.45, 2.75) is 64.0 Å². The monoisotopic (exact) mass is 228 g/mol. The van der Waals surface area contributed by atoms with Crippen molar-refractivity contribution in [2.75, 3.05) is 19.7 Å². The molecule has 0 aromatic carbocycles. The fraction of sp³-hybridized carbons (Fsp3) is 1.00. The second-order valence-electron chi connectivity index (χ2n) is 5.67. The first kappa shape index (κ1) is 13.9. The van der Waals surface area contributed by atoms with Gasteiger partial charge in [-0.25, -0.2) is 0 Å². The van der Waals surface area contributed by atoms with Gasteiger partial charge in [-0.15, -0.1) is 0 Å². The lowest BCUT2D eigenvalue weighted by molar-refractivity contribution is 0.129. The average Bonchev–Trinajstić information content (AvgIpc) is 2.16. The summed E-state index contributed by atoms with van der Waals surface area (Å²) in [6, 6.07) is 0.486. The first-order valence-corrected chi connectivity index (χ1v) is 6.69. The molecular formula is C13H28N2O. The molecule has 3 nitrogen and oxygen atoms in total. The molecule has 2 atom stereocenters. The summed E-state index contributed by atoms with van der Waals surface area (Å²) < 4.78 is 0. The van der Waals surface area contributed by atoms with Gasteiger partial charge in [0.1, 0.15) is 0 Å². The Hall–Kier alpha value is -0.120. The summed E-state index contributed by atoms with van der Waals surface area (Å²) in [5.74, 6) is 0. The summed E-state index contributed by atoms with van der Waals surface area (Å²) in [6.45, 7) is 6.65. The van der Waals surface area contributed by atoms with E-state index in [2.05, 4.69) is 11.8 Å². The van der Waals surface area contributed by atoms with Crippen LogP contribution in [0.25, 0.3) is 0 Å². The minimum absolute atomic E-state index is 0.0746. The Kier molecular flexibility index (Phi) is 5.73. The Morgan fingerprint density at radius 1 is 1.19 bits per heavy atom. The molecule has 1 aliphatic rings. The van der Waals surface area contributed by atoms with Gasteiger partial charge >= 0.3 is 0 Å². The topological polar surface area (TPSA) is 49.5 Å². The van der Waals surface area contributed by atoms with Crippen LogP contribution in [0, 0.1) is 0 Å². The average molecular weight is 228 g/mol. The highest BCUT2D eigenvalue weighted by atomic mass is 16.3. The Morgan fingerprint density at radius 2 is 1.69 bits per heavy atom. The lowest BCUT2D eigenvalue weighted by Gasteiger charge is -2.35. The van der Waals surface area contributed by atoms with Gasteiger partial charge in [0.05, 0.1) is 6.61 Å². The van der Waals surface area contributed by atoms with Gasteiger partial charge in [-0.1, -0.05) is 19.3 Å². The third-order valence-corrected chi connectivity index (χ3v) is 3.64. The van der Waals surface area contributed by atoms with E-state index in [-0.39, 0.29) is 6.61 Å². The van der Waals surface area contributed by atoms with Gasteiger partial charge < -0.3 is 15.7 Å². The highest BCUT2D eigenvalue weighted by Gasteiger charge is 2.24. The molecule has 2 unspecified atom stereocenters. The Labute approximate surface area is 100 Å². The van der Waals surface area contributed by atoms with Crippen molar-refractivity contribution < 1.29 is 5.11 Å². The molecule has 0 spiro atoms. The quantitative estimate of drug-likeness (QED) is 0.770. The predicted octanol–water partition coefficient (Wildman–Crippen LogP) is 1.74. The zero-order valence-electron chi connectivity index (χ0n) is 10.9. The van der Waals surface area contributed by atoms with Gasteiger partial charge in [0.15, 0.2) is 0 Å². The van der Waals surface area contributed by atoms with E-state index in [1.807, 2.05) is 6.92 Å².